The van der Waals surface area contributed by atoms with Crippen molar-refractivity contribution < 1.29 is 9.90 Å². The zero-order chi connectivity index (χ0) is 10.4. The molecular formula is C12H17O2-. The van der Waals surface area contributed by atoms with Gasteiger partial charge in [0.1, 0.15) is 0 Å². The summed E-state index contributed by atoms with van der Waals surface area (Å²) in [7, 11) is 0. The van der Waals surface area contributed by atoms with Crippen LogP contribution in [0.5, 0.6) is 0 Å². The number of aliphatic carboxylic acids is 1. The predicted octanol–water partition coefficient (Wildman–Crippen LogP) is 1.82. The fourth-order valence-corrected chi connectivity index (χ4v) is 1.78. The zero-order valence-corrected chi connectivity index (χ0v) is 8.66. The van der Waals surface area contributed by atoms with Crippen molar-refractivity contribution in [1.29, 1.82) is 0 Å². The number of hydrogen-bond donors (Lipinski definition) is 0. The van der Waals surface area contributed by atoms with E-state index in [0.717, 1.165) is 32.1 Å². The second-order valence-corrected chi connectivity index (χ2v) is 3.88. The monoisotopic (exact) mass is 193 g/mol. The van der Waals surface area contributed by atoms with Crippen LogP contribution in [0.3, 0.4) is 0 Å². The van der Waals surface area contributed by atoms with Crippen LogP contribution >= 0.6 is 0 Å². The number of hydrogen-bond acceptors (Lipinski definition) is 2. The molecule has 0 aromatic rings. The molecule has 78 valence electrons. The topological polar surface area (TPSA) is 40.1 Å². The summed E-state index contributed by atoms with van der Waals surface area (Å²) in [4.78, 5) is 10.5. The van der Waals surface area contributed by atoms with Crippen LogP contribution in [0.4, 0.5) is 0 Å². The minimum atomic E-state index is -1.04. The van der Waals surface area contributed by atoms with E-state index >= 15 is 0 Å². The molecule has 0 aromatic heterocycles. The summed E-state index contributed by atoms with van der Waals surface area (Å²) in [5.41, 5.74) is 0.375. The first kappa shape index (κ1) is 11.0. The fraction of sp³-hybridized carbons (Fsp3) is 0.583. The summed E-state index contributed by atoms with van der Waals surface area (Å²) in [6.45, 7) is 1.62. The standard InChI is InChI=1S/C12H18O2/c1-10(12(13)14)9-11-7-5-3-2-4-6-8-11/h2-3,9,11H,4-8H2,1H3,(H,13,14)/p-1/b3-2-,10-9+. The van der Waals surface area contributed by atoms with Crippen molar-refractivity contribution in [2.45, 2.75) is 39.0 Å². The smallest absolute Gasteiger partial charge is 0.0668 e. The minimum absolute atomic E-state index is 0.375. The quantitative estimate of drug-likeness (QED) is 0.495. The molecule has 0 saturated carbocycles. The van der Waals surface area contributed by atoms with E-state index in [2.05, 4.69) is 12.2 Å². The molecule has 2 heteroatoms. The first-order chi connectivity index (χ1) is 6.70. The van der Waals surface area contributed by atoms with Crippen molar-refractivity contribution in [3.05, 3.63) is 23.8 Å². The molecule has 0 bridgehead atoms. The largest absolute Gasteiger partial charge is 0.545 e. The Morgan fingerprint density at radius 3 is 2.79 bits per heavy atom. The molecule has 1 rings (SSSR count). The Morgan fingerprint density at radius 1 is 1.36 bits per heavy atom. The second-order valence-electron chi connectivity index (χ2n) is 3.88. The third-order valence-corrected chi connectivity index (χ3v) is 2.62. The van der Waals surface area contributed by atoms with Crippen LogP contribution < -0.4 is 5.11 Å². The summed E-state index contributed by atoms with van der Waals surface area (Å²) in [5, 5.41) is 10.5. The number of carboxylic acid groups (broad SMARTS) is 1. The lowest BCUT2D eigenvalue weighted by Crippen LogP contribution is -2.23. The van der Waals surface area contributed by atoms with E-state index in [4.69, 9.17) is 0 Å². The molecule has 0 aliphatic heterocycles. The van der Waals surface area contributed by atoms with E-state index in [1.165, 1.54) is 0 Å². The van der Waals surface area contributed by atoms with Gasteiger partial charge in [0.25, 0.3) is 0 Å². The van der Waals surface area contributed by atoms with Crippen LogP contribution in [0, 0.1) is 5.92 Å². The molecule has 0 radical (unpaired) electrons. The lowest BCUT2D eigenvalue weighted by Gasteiger charge is -2.15. The maximum absolute atomic E-state index is 10.5. The van der Waals surface area contributed by atoms with Gasteiger partial charge in [-0.15, -0.1) is 0 Å². The molecule has 2 nitrogen and oxygen atoms in total. The van der Waals surface area contributed by atoms with E-state index < -0.39 is 5.97 Å². The van der Waals surface area contributed by atoms with Crippen LogP contribution in [0.15, 0.2) is 23.8 Å². The molecule has 0 spiro atoms. The molecule has 0 saturated heterocycles. The summed E-state index contributed by atoms with van der Waals surface area (Å²) in [5.74, 6) is -0.625. The summed E-state index contributed by atoms with van der Waals surface area (Å²) < 4.78 is 0. The normalized spacial score (nSPS) is 26.4. The van der Waals surface area contributed by atoms with Gasteiger partial charge in [-0.1, -0.05) is 18.2 Å². The van der Waals surface area contributed by atoms with Gasteiger partial charge in [0.15, 0.2) is 0 Å². The van der Waals surface area contributed by atoms with Gasteiger partial charge in [0.2, 0.25) is 0 Å². The summed E-state index contributed by atoms with van der Waals surface area (Å²) in [6.07, 6.45) is 11.7. The maximum atomic E-state index is 10.5. The van der Waals surface area contributed by atoms with E-state index in [-0.39, 0.29) is 0 Å². The van der Waals surface area contributed by atoms with E-state index in [9.17, 15) is 9.90 Å². The third kappa shape index (κ3) is 3.77. The van der Waals surface area contributed by atoms with E-state index in [0.29, 0.717) is 11.5 Å². The molecular weight excluding hydrogens is 176 g/mol. The number of allylic oxidation sites excluding steroid dienone is 3. The molecule has 0 N–H and O–H groups in total. The molecule has 0 aromatic carbocycles. The van der Waals surface area contributed by atoms with Crippen LogP contribution in [-0.4, -0.2) is 5.97 Å². The van der Waals surface area contributed by atoms with Crippen molar-refractivity contribution in [2.75, 3.05) is 0 Å². The van der Waals surface area contributed by atoms with E-state index in [1.54, 1.807) is 6.92 Å². The summed E-state index contributed by atoms with van der Waals surface area (Å²) >= 11 is 0. The molecule has 1 unspecified atom stereocenters. The van der Waals surface area contributed by atoms with Gasteiger partial charge in [0.05, 0.1) is 5.97 Å². The van der Waals surface area contributed by atoms with Gasteiger partial charge in [-0.25, -0.2) is 0 Å². The highest BCUT2D eigenvalue weighted by Crippen LogP contribution is 2.20. The third-order valence-electron chi connectivity index (χ3n) is 2.62. The van der Waals surface area contributed by atoms with Crippen LogP contribution in [0.2, 0.25) is 0 Å². The Balaban J connectivity index is 2.54. The van der Waals surface area contributed by atoms with Gasteiger partial charge in [-0.3, -0.25) is 0 Å². The predicted molar refractivity (Wildman–Crippen MR) is 54.5 cm³/mol. The fourth-order valence-electron chi connectivity index (χ4n) is 1.78. The van der Waals surface area contributed by atoms with Gasteiger partial charge in [-0.2, -0.15) is 0 Å². The van der Waals surface area contributed by atoms with Crippen LogP contribution in [0.25, 0.3) is 0 Å². The minimum Gasteiger partial charge on any atom is -0.545 e. The maximum Gasteiger partial charge on any atom is 0.0668 e. The Hall–Kier alpha value is -1.05. The van der Waals surface area contributed by atoms with Gasteiger partial charge >= 0.3 is 0 Å². The second kappa shape index (κ2) is 5.63. The molecule has 1 atom stereocenters. The molecule has 0 heterocycles. The first-order valence-corrected chi connectivity index (χ1v) is 5.25. The van der Waals surface area contributed by atoms with Crippen molar-refractivity contribution in [1.82, 2.24) is 0 Å². The van der Waals surface area contributed by atoms with Gasteiger partial charge in [0, 0.05) is 0 Å². The highest BCUT2D eigenvalue weighted by atomic mass is 16.4. The Kier molecular flexibility index (Phi) is 4.44. The lowest BCUT2D eigenvalue weighted by atomic mass is 9.92. The highest BCUT2D eigenvalue weighted by Gasteiger charge is 2.06. The molecule has 0 fully saturated rings. The Bertz CT molecular complexity index is 251. The Morgan fingerprint density at radius 2 is 2.07 bits per heavy atom. The highest BCUT2D eigenvalue weighted by molar-refractivity contribution is 5.83. The van der Waals surface area contributed by atoms with E-state index in [1.807, 2.05) is 6.08 Å². The average Bonchev–Trinajstić information content (AvgIpc) is 2.08. The van der Waals surface area contributed by atoms with Crippen molar-refractivity contribution in [3.63, 3.8) is 0 Å². The molecule has 0 amide bonds. The van der Waals surface area contributed by atoms with Crippen LogP contribution in [-0.2, 0) is 4.79 Å². The number of carbonyl (C=O) groups is 1. The van der Waals surface area contributed by atoms with Gasteiger partial charge < -0.3 is 9.90 Å². The number of rotatable bonds is 2. The average molecular weight is 193 g/mol. The number of carbonyl (C=O) groups excluding carboxylic acids is 1. The Labute approximate surface area is 85.3 Å². The molecule has 1 aliphatic carbocycles. The number of carboxylic acids is 1. The molecule has 1 aliphatic rings. The first-order valence-electron chi connectivity index (χ1n) is 5.25. The summed E-state index contributed by atoms with van der Waals surface area (Å²) in [6, 6.07) is 0. The van der Waals surface area contributed by atoms with Gasteiger partial charge in [-0.05, 0) is 50.5 Å². The van der Waals surface area contributed by atoms with Crippen LogP contribution in [0.1, 0.15) is 39.0 Å². The van der Waals surface area contributed by atoms with Crippen molar-refractivity contribution in [2.24, 2.45) is 5.92 Å². The lowest BCUT2D eigenvalue weighted by molar-refractivity contribution is -0.299. The molecule has 14 heavy (non-hydrogen) atoms. The van der Waals surface area contributed by atoms with Crippen molar-refractivity contribution >= 4 is 5.97 Å². The SMILES string of the molecule is C/C(=C\C1CC/C=C\CCC1)C(=O)[O-]. The zero-order valence-electron chi connectivity index (χ0n) is 8.66. The van der Waals surface area contributed by atoms with Crippen molar-refractivity contribution in [3.8, 4) is 0 Å².